The quantitative estimate of drug-likeness (QED) is 0.521. The molecule has 0 spiro atoms. The summed E-state index contributed by atoms with van der Waals surface area (Å²) in [4.78, 5) is 11.6. The molecule has 1 unspecified atom stereocenters. The summed E-state index contributed by atoms with van der Waals surface area (Å²) in [5.74, 6) is -0.956. The molecule has 0 aliphatic heterocycles. The lowest BCUT2D eigenvalue weighted by molar-refractivity contribution is -0.138. The summed E-state index contributed by atoms with van der Waals surface area (Å²) >= 11 is 10.4. The van der Waals surface area contributed by atoms with Crippen LogP contribution in [0, 0.1) is 9.54 Å². The van der Waals surface area contributed by atoms with E-state index < -0.39 is 12.0 Å². The van der Waals surface area contributed by atoms with E-state index in [1.807, 2.05) is 30.3 Å². The molecule has 0 saturated heterocycles. The van der Waals surface area contributed by atoms with E-state index in [1.54, 1.807) is 28.8 Å². The number of nitrogens with zero attached hydrogens (tertiary/aromatic N) is 1. The van der Waals surface area contributed by atoms with Crippen molar-refractivity contribution in [3.8, 4) is 5.69 Å². The first-order valence-electron chi connectivity index (χ1n) is 7.10. The predicted octanol–water partition coefficient (Wildman–Crippen LogP) is 3.83. The number of carboxylic acid groups (broad SMARTS) is 1. The number of hydrogen-bond donors (Lipinski definition) is 4. The maximum absolute atomic E-state index is 11.6. The Labute approximate surface area is 147 Å². The molecule has 0 fully saturated rings. The van der Waals surface area contributed by atoms with Crippen molar-refractivity contribution in [2.45, 2.75) is 6.04 Å². The van der Waals surface area contributed by atoms with E-state index in [-0.39, 0.29) is 0 Å². The Bertz CT molecular complexity index is 948. The third kappa shape index (κ3) is 3.29. The van der Waals surface area contributed by atoms with Crippen LogP contribution in [0.4, 0.5) is 5.69 Å². The Morgan fingerprint density at radius 3 is 2.33 bits per heavy atom. The van der Waals surface area contributed by atoms with Crippen LogP contribution in [0.25, 0.3) is 5.69 Å². The normalized spacial score (nSPS) is 11.8. The first-order chi connectivity index (χ1) is 11.6. The summed E-state index contributed by atoms with van der Waals surface area (Å²) in [6.45, 7) is 0. The molecule has 3 aromatic rings. The largest absolute Gasteiger partial charge is 0.479 e. The van der Waals surface area contributed by atoms with Gasteiger partial charge in [-0.15, -0.1) is 0 Å². The molecule has 0 bridgehead atoms. The van der Waals surface area contributed by atoms with Crippen LogP contribution in [-0.4, -0.2) is 25.8 Å². The smallest absolute Gasteiger partial charge is 0.330 e. The van der Waals surface area contributed by atoms with E-state index in [0.29, 0.717) is 20.8 Å². The van der Waals surface area contributed by atoms with Crippen LogP contribution in [0.15, 0.2) is 54.6 Å². The molecule has 2 aromatic carbocycles. The molecule has 8 heteroatoms. The molecule has 0 amide bonds. The van der Waals surface area contributed by atoms with Gasteiger partial charge in [0, 0.05) is 5.69 Å². The van der Waals surface area contributed by atoms with Crippen molar-refractivity contribution in [3.05, 3.63) is 69.7 Å². The van der Waals surface area contributed by atoms with Gasteiger partial charge in [-0.1, -0.05) is 36.4 Å². The maximum atomic E-state index is 11.6. The average Bonchev–Trinajstić information content (AvgIpc) is 2.92. The van der Waals surface area contributed by atoms with Gasteiger partial charge >= 0.3 is 5.97 Å². The van der Waals surface area contributed by atoms with Gasteiger partial charge in [0.1, 0.15) is 0 Å². The number of carboxylic acids is 1. The Hall–Kier alpha value is -2.71. The molecule has 3 rings (SSSR count). The molecule has 0 aliphatic carbocycles. The van der Waals surface area contributed by atoms with E-state index in [4.69, 9.17) is 24.4 Å². The summed E-state index contributed by atoms with van der Waals surface area (Å²) in [6, 6.07) is 15.4. The third-order valence-electron chi connectivity index (χ3n) is 3.48. The van der Waals surface area contributed by atoms with Crippen LogP contribution in [0.3, 0.4) is 0 Å². The molecule has 1 heterocycles. The van der Waals surface area contributed by atoms with Crippen molar-refractivity contribution in [3.63, 3.8) is 0 Å². The molecular weight excluding hydrogens is 344 g/mol. The first kappa shape index (κ1) is 16.2. The summed E-state index contributed by atoms with van der Waals surface area (Å²) in [7, 11) is 0. The zero-order valence-corrected chi connectivity index (χ0v) is 14.0. The van der Waals surface area contributed by atoms with E-state index in [2.05, 4.69) is 15.5 Å². The summed E-state index contributed by atoms with van der Waals surface area (Å²) < 4.78 is 2.54. The van der Waals surface area contributed by atoms with E-state index in [9.17, 15) is 9.90 Å². The van der Waals surface area contributed by atoms with Crippen molar-refractivity contribution < 1.29 is 9.90 Å². The van der Waals surface area contributed by atoms with Gasteiger partial charge in [0.15, 0.2) is 15.6 Å². The molecule has 4 N–H and O–H groups in total. The fraction of sp³-hybridized carbons (Fsp3) is 0.0625. The minimum absolute atomic E-state index is 0.440. The molecule has 0 saturated carbocycles. The van der Waals surface area contributed by atoms with Gasteiger partial charge < -0.3 is 10.4 Å². The molecule has 6 nitrogen and oxygen atoms in total. The zero-order chi connectivity index (χ0) is 17.1. The van der Waals surface area contributed by atoms with Gasteiger partial charge in [0.25, 0.3) is 0 Å². The summed E-state index contributed by atoms with van der Waals surface area (Å²) in [5.41, 5.74) is 2.07. The van der Waals surface area contributed by atoms with Crippen molar-refractivity contribution in [2.24, 2.45) is 0 Å². The monoisotopic (exact) mass is 358 g/mol. The molecule has 122 valence electrons. The van der Waals surface area contributed by atoms with Crippen molar-refractivity contribution in [1.82, 2.24) is 14.8 Å². The lowest BCUT2D eigenvalue weighted by Gasteiger charge is -2.17. The van der Waals surface area contributed by atoms with E-state index >= 15 is 0 Å². The standard InChI is InChI=1S/C16H14N4O2S2/c21-14(22)13(10-5-2-1-3-6-10)17-11-7-4-8-12(9-11)20-15(23)18-19-16(20)24/h1-9,13,17H,(H,18,23)(H,19,24)(H,21,22). The average molecular weight is 358 g/mol. The van der Waals surface area contributed by atoms with Crippen molar-refractivity contribution >= 4 is 36.1 Å². The highest BCUT2D eigenvalue weighted by Crippen LogP contribution is 2.22. The lowest BCUT2D eigenvalue weighted by atomic mass is 10.1. The number of benzene rings is 2. The second kappa shape index (κ2) is 6.81. The zero-order valence-electron chi connectivity index (χ0n) is 12.4. The van der Waals surface area contributed by atoms with Gasteiger partial charge in [0.05, 0.1) is 5.69 Å². The highest BCUT2D eigenvalue weighted by atomic mass is 32.1. The van der Waals surface area contributed by atoms with E-state index in [0.717, 1.165) is 5.69 Å². The highest BCUT2D eigenvalue weighted by Gasteiger charge is 2.19. The fourth-order valence-electron chi connectivity index (χ4n) is 2.38. The lowest BCUT2D eigenvalue weighted by Crippen LogP contribution is -2.20. The van der Waals surface area contributed by atoms with Crippen LogP contribution in [0.5, 0.6) is 0 Å². The Kier molecular flexibility index (Phi) is 4.59. The molecule has 0 radical (unpaired) electrons. The van der Waals surface area contributed by atoms with Crippen LogP contribution >= 0.6 is 24.4 Å². The Morgan fingerprint density at radius 2 is 1.71 bits per heavy atom. The summed E-state index contributed by atoms with van der Waals surface area (Å²) in [5, 5.41) is 18.1. The number of hydrogen-bond acceptors (Lipinski definition) is 4. The second-order valence-corrected chi connectivity index (χ2v) is 5.85. The number of aromatic nitrogens is 3. The number of aromatic amines is 2. The molecule has 24 heavy (non-hydrogen) atoms. The van der Waals surface area contributed by atoms with Gasteiger partial charge in [-0.05, 0) is 48.2 Å². The molecule has 0 aliphatic rings. The van der Waals surface area contributed by atoms with Gasteiger partial charge in [-0.3, -0.25) is 14.8 Å². The van der Waals surface area contributed by atoms with Crippen LogP contribution in [0.2, 0.25) is 0 Å². The van der Waals surface area contributed by atoms with Crippen molar-refractivity contribution in [1.29, 1.82) is 0 Å². The van der Waals surface area contributed by atoms with Crippen molar-refractivity contribution in [2.75, 3.05) is 5.32 Å². The minimum atomic E-state index is -0.956. The molecular formula is C16H14N4O2S2. The Balaban J connectivity index is 1.96. The molecule has 1 aromatic heterocycles. The van der Waals surface area contributed by atoms with Gasteiger partial charge in [0.2, 0.25) is 0 Å². The van der Waals surface area contributed by atoms with Gasteiger partial charge in [-0.25, -0.2) is 4.79 Å². The second-order valence-electron chi connectivity index (χ2n) is 5.07. The minimum Gasteiger partial charge on any atom is -0.479 e. The molecule has 1 atom stereocenters. The van der Waals surface area contributed by atoms with Gasteiger partial charge in [-0.2, -0.15) is 0 Å². The SMILES string of the molecule is O=C(O)C(Nc1cccc(-n2c(=S)[nH][nH]c2=S)c1)c1ccccc1. The van der Waals surface area contributed by atoms with Crippen LogP contribution < -0.4 is 5.32 Å². The maximum Gasteiger partial charge on any atom is 0.330 e. The number of anilines is 1. The number of rotatable bonds is 5. The van der Waals surface area contributed by atoms with Crippen LogP contribution in [-0.2, 0) is 4.79 Å². The van der Waals surface area contributed by atoms with E-state index in [1.165, 1.54) is 0 Å². The number of aliphatic carboxylic acids is 1. The third-order valence-corrected chi connectivity index (χ3v) is 4.05. The number of nitrogens with one attached hydrogen (secondary N) is 3. The van der Waals surface area contributed by atoms with Crippen LogP contribution in [0.1, 0.15) is 11.6 Å². The number of H-pyrrole nitrogens is 2. The predicted molar refractivity (Wildman–Crippen MR) is 96.6 cm³/mol. The Morgan fingerprint density at radius 1 is 1.04 bits per heavy atom. The number of carbonyl (C=O) groups is 1. The topological polar surface area (TPSA) is 85.8 Å². The highest BCUT2D eigenvalue weighted by molar-refractivity contribution is 7.72. The fourth-order valence-corrected chi connectivity index (χ4v) is 2.93. The summed E-state index contributed by atoms with van der Waals surface area (Å²) in [6.07, 6.45) is 0. The first-order valence-corrected chi connectivity index (χ1v) is 7.92.